The van der Waals surface area contributed by atoms with Gasteiger partial charge < -0.3 is 9.84 Å². The van der Waals surface area contributed by atoms with E-state index in [4.69, 9.17) is 16.3 Å². The van der Waals surface area contributed by atoms with Gasteiger partial charge in [-0.25, -0.2) is 17.4 Å². The fourth-order valence-electron chi connectivity index (χ4n) is 3.17. The predicted molar refractivity (Wildman–Crippen MR) is 107 cm³/mol. The number of benzene rings is 2. The highest BCUT2D eigenvalue weighted by atomic mass is 35.5. The number of ether oxygens (including phenoxy) is 1. The molecule has 0 aliphatic carbocycles. The van der Waals surface area contributed by atoms with Gasteiger partial charge in [0.05, 0.1) is 28.6 Å². The zero-order chi connectivity index (χ0) is 19.9. The lowest BCUT2D eigenvalue weighted by Gasteiger charge is -2.09. The second-order valence-corrected chi connectivity index (χ2v) is 8.23. The zero-order valence-corrected chi connectivity index (χ0v) is 16.3. The van der Waals surface area contributed by atoms with Crippen LogP contribution >= 0.6 is 11.6 Å². The highest BCUT2D eigenvalue weighted by Gasteiger charge is 2.29. The normalized spacial score (nSPS) is 11.6. The van der Waals surface area contributed by atoms with Crippen LogP contribution in [0.2, 0.25) is 5.02 Å². The minimum atomic E-state index is -4.05. The first-order valence-corrected chi connectivity index (χ1v) is 10.1. The predicted octanol–water partition coefficient (Wildman–Crippen LogP) is 4.31. The van der Waals surface area contributed by atoms with Crippen molar-refractivity contribution in [3.63, 3.8) is 0 Å². The highest BCUT2D eigenvalue weighted by molar-refractivity contribution is 7.90. The van der Waals surface area contributed by atoms with Crippen LogP contribution in [0.15, 0.2) is 71.8 Å². The molecule has 0 spiro atoms. The van der Waals surface area contributed by atoms with E-state index >= 15 is 0 Å². The third-order valence-corrected chi connectivity index (χ3v) is 6.33. The Hall–Kier alpha value is -3.03. The van der Waals surface area contributed by atoms with Crippen molar-refractivity contribution in [2.24, 2.45) is 0 Å². The van der Waals surface area contributed by atoms with Crippen LogP contribution in [0.1, 0.15) is 0 Å². The number of rotatable bonds is 4. The molecule has 0 aliphatic heterocycles. The van der Waals surface area contributed by atoms with Crippen LogP contribution in [0.5, 0.6) is 11.8 Å². The molecule has 2 aromatic carbocycles. The molecule has 8 heteroatoms. The lowest BCUT2D eigenvalue weighted by Crippen LogP contribution is -2.12. The Morgan fingerprint density at radius 2 is 1.82 bits per heavy atom. The average molecular weight is 415 g/mol. The van der Waals surface area contributed by atoms with E-state index < -0.39 is 15.9 Å². The molecule has 6 nitrogen and oxygen atoms in total. The lowest BCUT2D eigenvalue weighted by atomic mass is 10.1. The number of pyridine rings is 1. The van der Waals surface area contributed by atoms with E-state index in [9.17, 15) is 13.5 Å². The summed E-state index contributed by atoms with van der Waals surface area (Å²) in [6.45, 7) is 0. The summed E-state index contributed by atoms with van der Waals surface area (Å²) in [5, 5.41) is 11.9. The summed E-state index contributed by atoms with van der Waals surface area (Å²) in [7, 11) is -2.60. The van der Waals surface area contributed by atoms with Crippen molar-refractivity contribution in [1.29, 1.82) is 0 Å². The number of methoxy groups -OCH3 is 1. The van der Waals surface area contributed by atoms with Gasteiger partial charge >= 0.3 is 0 Å². The van der Waals surface area contributed by atoms with Crippen molar-refractivity contribution in [1.82, 2.24) is 8.96 Å². The fourth-order valence-corrected chi connectivity index (χ4v) is 4.79. The van der Waals surface area contributed by atoms with Crippen molar-refractivity contribution in [2.75, 3.05) is 7.11 Å². The van der Waals surface area contributed by atoms with Crippen LogP contribution in [0.3, 0.4) is 0 Å². The summed E-state index contributed by atoms with van der Waals surface area (Å²) in [4.78, 5) is 4.21. The van der Waals surface area contributed by atoms with Gasteiger partial charge in [-0.1, -0.05) is 29.8 Å². The zero-order valence-electron chi connectivity index (χ0n) is 14.7. The van der Waals surface area contributed by atoms with Crippen molar-refractivity contribution in [3.8, 4) is 22.9 Å². The second-order valence-electron chi connectivity index (χ2n) is 6.00. The summed E-state index contributed by atoms with van der Waals surface area (Å²) >= 11 is 6.16. The molecule has 1 N–H and O–H groups in total. The number of aromatic nitrogens is 2. The quantitative estimate of drug-likeness (QED) is 0.538. The number of aromatic hydroxyl groups is 1. The van der Waals surface area contributed by atoms with Gasteiger partial charge in [-0.2, -0.15) is 0 Å². The summed E-state index contributed by atoms with van der Waals surface area (Å²) in [6.07, 6.45) is 1.55. The largest absolute Gasteiger partial charge is 0.493 e. The maximum absolute atomic E-state index is 13.3. The van der Waals surface area contributed by atoms with Crippen LogP contribution < -0.4 is 4.74 Å². The molecule has 4 rings (SSSR count). The molecule has 0 fully saturated rings. The van der Waals surface area contributed by atoms with Gasteiger partial charge in [0.1, 0.15) is 0 Å². The molecule has 0 aliphatic rings. The number of hydrogen-bond acceptors (Lipinski definition) is 5. The van der Waals surface area contributed by atoms with Crippen LogP contribution in [-0.2, 0) is 10.0 Å². The van der Waals surface area contributed by atoms with Crippen molar-refractivity contribution >= 4 is 32.5 Å². The summed E-state index contributed by atoms with van der Waals surface area (Å²) in [5.41, 5.74) is 1.03. The molecular weight excluding hydrogens is 400 g/mol. The first-order chi connectivity index (χ1) is 13.4. The van der Waals surface area contributed by atoms with Gasteiger partial charge in [0.15, 0.2) is 0 Å². The molecule has 0 amide bonds. The van der Waals surface area contributed by atoms with E-state index in [0.29, 0.717) is 21.5 Å². The third kappa shape index (κ3) is 2.80. The molecule has 0 saturated heterocycles. The van der Waals surface area contributed by atoms with Gasteiger partial charge in [-0.15, -0.1) is 0 Å². The Bertz CT molecular complexity index is 1280. The molecule has 0 atom stereocenters. The Kier molecular flexibility index (Phi) is 4.49. The number of hydrogen-bond donors (Lipinski definition) is 1. The number of fused-ring (bicyclic) bond motifs is 1. The topological polar surface area (TPSA) is 81.4 Å². The van der Waals surface area contributed by atoms with Crippen LogP contribution in [0, 0.1) is 0 Å². The Labute approximate surface area is 166 Å². The van der Waals surface area contributed by atoms with E-state index in [-0.39, 0.29) is 16.3 Å². The minimum absolute atomic E-state index is 0.0573. The highest BCUT2D eigenvalue weighted by Crippen LogP contribution is 2.44. The maximum Gasteiger partial charge on any atom is 0.271 e. The molecular formula is C20H15ClN2O4S. The molecule has 2 aromatic heterocycles. The Morgan fingerprint density at radius 1 is 1.07 bits per heavy atom. The summed E-state index contributed by atoms with van der Waals surface area (Å²) in [6, 6.07) is 16.0. The van der Waals surface area contributed by atoms with Gasteiger partial charge in [-0.3, -0.25) is 0 Å². The van der Waals surface area contributed by atoms with E-state index in [1.54, 1.807) is 54.7 Å². The molecule has 2 heterocycles. The SMILES string of the molecule is COc1ncccc1-c1c(O)n(S(=O)(=O)c2ccccc2)c2ccc(Cl)cc12. The van der Waals surface area contributed by atoms with Gasteiger partial charge in [0, 0.05) is 16.6 Å². The summed E-state index contributed by atoms with van der Waals surface area (Å²) < 4.78 is 32.8. The van der Waals surface area contributed by atoms with Crippen molar-refractivity contribution in [2.45, 2.75) is 4.90 Å². The molecule has 0 unspecified atom stereocenters. The van der Waals surface area contributed by atoms with Crippen molar-refractivity contribution < 1.29 is 18.3 Å². The first kappa shape index (κ1) is 18.3. The average Bonchev–Trinajstić information content (AvgIpc) is 3.00. The van der Waals surface area contributed by atoms with E-state index in [0.717, 1.165) is 3.97 Å². The number of halogens is 1. The minimum Gasteiger partial charge on any atom is -0.493 e. The van der Waals surface area contributed by atoms with Crippen LogP contribution in [-0.4, -0.2) is 29.6 Å². The van der Waals surface area contributed by atoms with Crippen molar-refractivity contribution in [3.05, 3.63) is 71.9 Å². The monoisotopic (exact) mass is 414 g/mol. The molecule has 0 bridgehead atoms. The molecule has 0 saturated carbocycles. The van der Waals surface area contributed by atoms with Crippen LogP contribution in [0.4, 0.5) is 0 Å². The third-order valence-electron chi connectivity index (χ3n) is 4.38. The van der Waals surface area contributed by atoms with E-state index in [1.165, 1.54) is 19.2 Å². The second kappa shape index (κ2) is 6.85. The molecule has 4 aromatic rings. The van der Waals surface area contributed by atoms with Gasteiger partial charge in [-0.05, 0) is 42.5 Å². The lowest BCUT2D eigenvalue weighted by molar-refractivity contribution is 0.399. The molecule has 0 radical (unpaired) electrons. The Balaban J connectivity index is 2.12. The smallest absolute Gasteiger partial charge is 0.271 e. The standard InChI is InChI=1S/C20H15ClN2O4S/c1-27-19-15(8-5-11-22-19)18-16-12-13(21)9-10-17(16)23(20(18)24)28(25,26)14-6-3-2-4-7-14/h2-12,24H,1H3. The van der Waals surface area contributed by atoms with Gasteiger partial charge in [0.25, 0.3) is 10.0 Å². The van der Waals surface area contributed by atoms with E-state index in [1.807, 2.05) is 0 Å². The molecule has 142 valence electrons. The Morgan fingerprint density at radius 3 is 2.54 bits per heavy atom. The molecule has 28 heavy (non-hydrogen) atoms. The van der Waals surface area contributed by atoms with Gasteiger partial charge in [0.2, 0.25) is 11.8 Å². The van der Waals surface area contributed by atoms with E-state index in [2.05, 4.69) is 4.98 Å². The number of nitrogens with zero attached hydrogens (tertiary/aromatic N) is 2. The summed E-state index contributed by atoms with van der Waals surface area (Å²) in [5.74, 6) is -0.179. The first-order valence-electron chi connectivity index (χ1n) is 8.28. The maximum atomic E-state index is 13.3. The van der Waals surface area contributed by atoms with Crippen LogP contribution in [0.25, 0.3) is 22.0 Å². The fraction of sp³-hybridized carbons (Fsp3) is 0.0500.